The number of benzene rings is 2. The highest BCUT2D eigenvalue weighted by molar-refractivity contribution is 5.51. The van der Waals surface area contributed by atoms with Gasteiger partial charge in [0.05, 0.1) is 20.8 Å². The van der Waals surface area contributed by atoms with Gasteiger partial charge in [0.15, 0.2) is 11.5 Å². The molecular formula is C18H22FNO3. The van der Waals surface area contributed by atoms with Crippen LogP contribution in [-0.4, -0.2) is 27.4 Å². The number of para-hydroxylation sites is 1. The van der Waals surface area contributed by atoms with E-state index in [-0.39, 0.29) is 11.7 Å². The standard InChI is InChI=1S/C18H22FNO3/c1-21-16-8-5-9-17(18(16)22-2)23-11-10-13(12-20)14-6-3-4-7-15(14)19/h3-9,13H,10-12,20H2,1-2H3. The highest BCUT2D eigenvalue weighted by atomic mass is 19.1. The number of nitrogens with two attached hydrogens (primary N) is 1. The Hall–Kier alpha value is -2.27. The highest BCUT2D eigenvalue weighted by Crippen LogP contribution is 2.36. The molecule has 0 radical (unpaired) electrons. The Labute approximate surface area is 136 Å². The fourth-order valence-corrected chi connectivity index (χ4v) is 2.49. The minimum absolute atomic E-state index is 0.0900. The number of hydrogen-bond acceptors (Lipinski definition) is 4. The average Bonchev–Trinajstić information content (AvgIpc) is 2.59. The van der Waals surface area contributed by atoms with Crippen LogP contribution in [0.2, 0.25) is 0 Å². The lowest BCUT2D eigenvalue weighted by Gasteiger charge is -2.18. The van der Waals surface area contributed by atoms with Gasteiger partial charge in [-0.3, -0.25) is 0 Å². The molecule has 0 amide bonds. The van der Waals surface area contributed by atoms with Gasteiger partial charge in [0, 0.05) is 5.92 Å². The van der Waals surface area contributed by atoms with Crippen LogP contribution < -0.4 is 19.9 Å². The molecule has 2 rings (SSSR count). The van der Waals surface area contributed by atoms with E-state index in [9.17, 15) is 4.39 Å². The fraction of sp³-hybridized carbons (Fsp3) is 0.333. The summed E-state index contributed by atoms with van der Waals surface area (Å²) in [4.78, 5) is 0. The van der Waals surface area contributed by atoms with Crippen LogP contribution in [0.3, 0.4) is 0 Å². The van der Waals surface area contributed by atoms with Crippen molar-refractivity contribution in [1.82, 2.24) is 0 Å². The first-order chi connectivity index (χ1) is 11.2. The van der Waals surface area contributed by atoms with Crippen molar-refractivity contribution in [3.05, 3.63) is 53.8 Å². The van der Waals surface area contributed by atoms with Crippen molar-refractivity contribution in [1.29, 1.82) is 0 Å². The summed E-state index contributed by atoms with van der Waals surface area (Å²) < 4.78 is 30.2. The van der Waals surface area contributed by atoms with Crippen molar-refractivity contribution in [3.8, 4) is 17.2 Å². The van der Waals surface area contributed by atoms with Crippen molar-refractivity contribution in [2.45, 2.75) is 12.3 Å². The van der Waals surface area contributed by atoms with Crippen LogP contribution in [0.25, 0.3) is 0 Å². The van der Waals surface area contributed by atoms with E-state index in [1.807, 2.05) is 18.2 Å². The Morgan fingerprint density at radius 3 is 2.39 bits per heavy atom. The van der Waals surface area contributed by atoms with E-state index in [4.69, 9.17) is 19.9 Å². The summed E-state index contributed by atoms with van der Waals surface area (Å²) in [6, 6.07) is 12.1. The molecule has 0 aromatic heterocycles. The van der Waals surface area contributed by atoms with E-state index in [0.29, 0.717) is 42.4 Å². The first kappa shape index (κ1) is 17.1. The van der Waals surface area contributed by atoms with Crippen molar-refractivity contribution in [2.75, 3.05) is 27.4 Å². The number of halogens is 1. The number of methoxy groups -OCH3 is 2. The Morgan fingerprint density at radius 2 is 1.74 bits per heavy atom. The van der Waals surface area contributed by atoms with Gasteiger partial charge in [-0.05, 0) is 36.7 Å². The second-order valence-corrected chi connectivity index (χ2v) is 5.08. The van der Waals surface area contributed by atoms with Gasteiger partial charge >= 0.3 is 0 Å². The van der Waals surface area contributed by atoms with Crippen molar-refractivity contribution < 1.29 is 18.6 Å². The van der Waals surface area contributed by atoms with Gasteiger partial charge < -0.3 is 19.9 Å². The summed E-state index contributed by atoms with van der Waals surface area (Å²) >= 11 is 0. The summed E-state index contributed by atoms with van der Waals surface area (Å²) in [6.45, 7) is 0.763. The molecule has 0 spiro atoms. The molecule has 2 N–H and O–H groups in total. The monoisotopic (exact) mass is 319 g/mol. The van der Waals surface area contributed by atoms with E-state index in [1.165, 1.54) is 6.07 Å². The molecule has 1 unspecified atom stereocenters. The molecule has 2 aromatic carbocycles. The molecule has 0 aliphatic rings. The van der Waals surface area contributed by atoms with Crippen molar-refractivity contribution in [2.24, 2.45) is 5.73 Å². The Kier molecular flexibility index (Phi) is 6.23. The summed E-state index contributed by atoms with van der Waals surface area (Å²) in [5.41, 5.74) is 6.41. The van der Waals surface area contributed by atoms with Gasteiger partial charge in [0.25, 0.3) is 0 Å². The van der Waals surface area contributed by atoms with Gasteiger partial charge in [0.2, 0.25) is 5.75 Å². The molecule has 1 atom stereocenters. The van der Waals surface area contributed by atoms with Gasteiger partial charge in [-0.25, -0.2) is 4.39 Å². The van der Waals surface area contributed by atoms with Crippen LogP contribution in [0.15, 0.2) is 42.5 Å². The summed E-state index contributed by atoms with van der Waals surface area (Å²) in [6.07, 6.45) is 0.609. The first-order valence-electron chi connectivity index (χ1n) is 7.49. The maximum Gasteiger partial charge on any atom is 0.203 e. The molecule has 0 heterocycles. The van der Waals surface area contributed by atoms with Crippen LogP contribution in [0.5, 0.6) is 17.2 Å². The van der Waals surface area contributed by atoms with Crippen LogP contribution in [0.4, 0.5) is 4.39 Å². The SMILES string of the molecule is COc1cccc(OCCC(CN)c2ccccc2F)c1OC. The molecule has 0 fully saturated rings. The van der Waals surface area contributed by atoms with E-state index in [0.717, 1.165) is 0 Å². The van der Waals surface area contributed by atoms with Crippen molar-refractivity contribution >= 4 is 0 Å². The fourth-order valence-electron chi connectivity index (χ4n) is 2.49. The van der Waals surface area contributed by atoms with Gasteiger partial charge in [-0.2, -0.15) is 0 Å². The van der Waals surface area contributed by atoms with Crippen molar-refractivity contribution in [3.63, 3.8) is 0 Å². The lowest BCUT2D eigenvalue weighted by atomic mass is 9.96. The minimum atomic E-state index is -0.234. The predicted octanol–water partition coefficient (Wildman–Crippen LogP) is 3.35. The molecule has 23 heavy (non-hydrogen) atoms. The minimum Gasteiger partial charge on any atom is -0.493 e. The average molecular weight is 319 g/mol. The van der Waals surface area contributed by atoms with E-state index < -0.39 is 0 Å². The molecular weight excluding hydrogens is 297 g/mol. The van der Waals surface area contributed by atoms with Gasteiger partial charge in [0.1, 0.15) is 5.82 Å². The molecule has 0 saturated carbocycles. The first-order valence-corrected chi connectivity index (χ1v) is 7.49. The lowest BCUT2D eigenvalue weighted by Crippen LogP contribution is -2.17. The number of hydrogen-bond donors (Lipinski definition) is 1. The topological polar surface area (TPSA) is 53.7 Å². The molecule has 0 aliphatic heterocycles. The zero-order valence-corrected chi connectivity index (χ0v) is 13.4. The summed E-state index contributed by atoms with van der Waals surface area (Å²) in [5.74, 6) is 1.42. The van der Waals surface area contributed by atoms with Gasteiger partial charge in [-0.15, -0.1) is 0 Å². The van der Waals surface area contributed by atoms with Crippen LogP contribution in [-0.2, 0) is 0 Å². The summed E-state index contributed by atoms with van der Waals surface area (Å²) in [5, 5.41) is 0. The lowest BCUT2D eigenvalue weighted by molar-refractivity contribution is 0.271. The Bertz CT molecular complexity index is 633. The second-order valence-electron chi connectivity index (χ2n) is 5.08. The van der Waals surface area contributed by atoms with E-state index >= 15 is 0 Å². The molecule has 4 nitrogen and oxygen atoms in total. The molecule has 0 bridgehead atoms. The third kappa shape index (κ3) is 4.13. The van der Waals surface area contributed by atoms with E-state index in [1.54, 1.807) is 32.4 Å². The normalized spacial score (nSPS) is 11.8. The predicted molar refractivity (Wildman–Crippen MR) is 87.9 cm³/mol. The van der Waals surface area contributed by atoms with Crippen LogP contribution in [0, 0.1) is 5.82 Å². The molecule has 0 aliphatic carbocycles. The number of rotatable bonds is 8. The Morgan fingerprint density at radius 1 is 1.00 bits per heavy atom. The van der Waals surface area contributed by atoms with E-state index in [2.05, 4.69) is 0 Å². The number of ether oxygens (including phenoxy) is 3. The highest BCUT2D eigenvalue weighted by Gasteiger charge is 2.15. The molecule has 124 valence electrons. The zero-order valence-electron chi connectivity index (χ0n) is 13.4. The third-order valence-corrected chi connectivity index (χ3v) is 3.72. The smallest absolute Gasteiger partial charge is 0.203 e. The maximum absolute atomic E-state index is 13.9. The zero-order chi connectivity index (χ0) is 16.7. The van der Waals surface area contributed by atoms with Crippen LogP contribution in [0.1, 0.15) is 17.9 Å². The quantitative estimate of drug-likeness (QED) is 0.810. The van der Waals surface area contributed by atoms with Gasteiger partial charge in [-0.1, -0.05) is 24.3 Å². The second kappa shape index (κ2) is 8.39. The summed E-state index contributed by atoms with van der Waals surface area (Å²) in [7, 11) is 3.14. The molecule has 5 heteroatoms. The largest absolute Gasteiger partial charge is 0.493 e. The molecule has 2 aromatic rings. The Balaban J connectivity index is 2.03. The maximum atomic E-state index is 13.9. The van der Waals surface area contributed by atoms with Crippen LogP contribution >= 0.6 is 0 Å². The third-order valence-electron chi connectivity index (χ3n) is 3.72. The molecule has 0 saturated heterocycles.